The van der Waals surface area contributed by atoms with Crippen LogP contribution in [0.4, 0.5) is 0 Å². The molecule has 0 amide bonds. The van der Waals surface area contributed by atoms with Gasteiger partial charge in [0.05, 0.1) is 0 Å². The van der Waals surface area contributed by atoms with Gasteiger partial charge in [0.15, 0.2) is 0 Å². The van der Waals surface area contributed by atoms with Gasteiger partial charge in [0, 0.05) is 22.6 Å². The number of unbranched alkanes of at least 4 members (excludes halogenated alkanes) is 1. The minimum absolute atomic E-state index is 0.0526. The lowest BCUT2D eigenvalue weighted by molar-refractivity contribution is -0.135. The van der Waals surface area contributed by atoms with Gasteiger partial charge in [-0.15, -0.1) is 0 Å². The number of hydrogen-bond donors (Lipinski definition) is 2. The van der Waals surface area contributed by atoms with Crippen LogP contribution in [0.25, 0.3) is 0 Å². The summed E-state index contributed by atoms with van der Waals surface area (Å²) in [5, 5.41) is 7.94. The lowest BCUT2D eigenvalue weighted by Crippen LogP contribution is -1.95. The Bertz CT molecular complexity index is 158. The second-order valence-corrected chi connectivity index (χ2v) is 2.52. The first kappa shape index (κ1) is 14.3. The van der Waals surface area contributed by atoms with E-state index < -0.39 is 5.97 Å². The maximum atomic E-state index is 9.65. The average molecular weight is 283 g/mol. The van der Waals surface area contributed by atoms with Gasteiger partial charge in [0.2, 0.25) is 0 Å². The van der Waals surface area contributed by atoms with Gasteiger partial charge in [-0.3, -0.25) is 4.79 Å². The Hall–Kier alpha value is -0.280. The van der Waals surface area contributed by atoms with Crippen molar-refractivity contribution < 1.29 is 9.90 Å². The van der Waals surface area contributed by atoms with Gasteiger partial charge in [0.1, 0.15) is 6.42 Å². The van der Waals surface area contributed by atoms with Crippen molar-refractivity contribution in [3.05, 3.63) is 0 Å². The number of aliphatic carboxylic acids is 1. The van der Waals surface area contributed by atoms with Crippen molar-refractivity contribution in [2.75, 3.05) is 6.54 Å². The molecule has 0 rings (SSSR count). The van der Waals surface area contributed by atoms with Crippen LogP contribution in [-0.2, 0) is 4.79 Å². The van der Waals surface area contributed by atoms with E-state index in [0.717, 1.165) is 6.54 Å². The Morgan fingerprint density at radius 1 is 1.67 bits per heavy atom. The van der Waals surface area contributed by atoms with Crippen molar-refractivity contribution in [2.45, 2.75) is 26.2 Å². The molecule has 0 bridgehead atoms. The minimum Gasteiger partial charge on any atom is -0.481 e. The molecular weight excluding hydrogens is 269 g/mol. The molecule has 3 nitrogen and oxygen atoms in total. The molecule has 0 fully saturated rings. The molecule has 0 aliphatic rings. The smallest absolute Gasteiger partial charge is 0.315 e. The molecule has 0 aliphatic carbocycles. The fraction of sp³-hybridized carbons (Fsp3) is 0.625. The predicted molar refractivity (Wildman–Crippen MR) is 58.0 cm³/mol. The highest BCUT2D eigenvalue weighted by molar-refractivity contribution is 14.1. The fourth-order valence-corrected chi connectivity index (χ4v) is 0.504. The van der Waals surface area contributed by atoms with Crippen LogP contribution in [0.2, 0.25) is 0 Å². The highest BCUT2D eigenvalue weighted by atomic mass is 127. The summed E-state index contributed by atoms with van der Waals surface area (Å²) in [5.41, 5.74) is 5.14. The number of carboxylic acid groups (broad SMARTS) is 1. The van der Waals surface area contributed by atoms with E-state index >= 15 is 0 Å². The van der Waals surface area contributed by atoms with Crippen LogP contribution >= 0.6 is 22.6 Å². The zero-order valence-corrected chi connectivity index (χ0v) is 9.30. The zero-order valence-electron chi connectivity index (χ0n) is 7.14. The maximum absolute atomic E-state index is 9.65. The van der Waals surface area contributed by atoms with E-state index in [1.165, 1.54) is 12.8 Å². The number of halogens is 1. The molecule has 0 aliphatic heterocycles. The largest absolute Gasteiger partial charge is 0.481 e. The third kappa shape index (κ3) is 22.6. The van der Waals surface area contributed by atoms with E-state index in [2.05, 4.69) is 16.8 Å². The highest BCUT2D eigenvalue weighted by Crippen LogP contribution is 1.77. The van der Waals surface area contributed by atoms with Gasteiger partial charge in [-0.1, -0.05) is 19.3 Å². The van der Waals surface area contributed by atoms with Crippen molar-refractivity contribution in [1.82, 2.24) is 0 Å². The topological polar surface area (TPSA) is 63.3 Å². The van der Waals surface area contributed by atoms with Crippen molar-refractivity contribution in [1.29, 1.82) is 0 Å². The molecule has 0 aromatic heterocycles. The van der Waals surface area contributed by atoms with E-state index in [9.17, 15) is 4.79 Å². The molecule has 12 heavy (non-hydrogen) atoms. The van der Waals surface area contributed by atoms with Crippen molar-refractivity contribution in [2.24, 2.45) is 5.73 Å². The molecule has 0 saturated heterocycles. The Morgan fingerprint density at radius 2 is 2.25 bits per heavy atom. The Balaban J connectivity index is 0. The third-order valence-electron chi connectivity index (χ3n) is 0.864. The molecule has 0 atom stereocenters. The van der Waals surface area contributed by atoms with Crippen LogP contribution in [0.1, 0.15) is 26.2 Å². The van der Waals surface area contributed by atoms with Crippen LogP contribution in [0.5, 0.6) is 0 Å². The molecule has 0 saturated carbocycles. The molecule has 0 aromatic rings. The minimum atomic E-state index is -0.871. The lowest BCUT2D eigenvalue weighted by Gasteiger charge is -1.80. The average Bonchev–Trinajstić information content (AvgIpc) is 2.03. The van der Waals surface area contributed by atoms with Crippen LogP contribution in [0, 0.1) is 9.85 Å². The van der Waals surface area contributed by atoms with Gasteiger partial charge in [-0.2, -0.15) is 0 Å². The van der Waals surface area contributed by atoms with E-state index in [0.29, 0.717) is 0 Å². The van der Waals surface area contributed by atoms with E-state index in [1.807, 2.05) is 0 Å². The predicted octanol–water partition coefficient (Wildman–Crippen LogP) is 1.60. The Morgan fingerprint density at radius 3 is 2.33 bits per heavy atom. The second kappa shape index (κ2) is 13.3. The number of rotatable bonds is 3. The van der Waals surface area contributed by atoms with Gasteiger partial charge in [0.25, 0.3) is 0 Å². The third-order valence-corrected chi connectivity index (χ3v) is 1.25. The summed E-state index contributed by atoms with van der Waals surface area (Å²) >= 11 is 1.80. The maximum Gasteiger partial charge on any atom is 0.315 e. The molecule has 0 heterocycles. The van der Waals surface area contributed by atoms with E-state index in [-0.39, 0.29) is 6.42 Å². The normalized spacial score (nSPS) is 7.25. The van der Waals surface area contributed by atoms with Crippen molar-refractivity contribution in [3.63, 3.8) is 0 Å². The molecule has 4 heteroatoms. The Kier molecular flexibility index (Phi) is 15.8. The van der Waals surface area contributed by atoms with Crippen LogP contribution in [0.15, 0.2) is 0 Å². The highest BCUT2D eigenvalue weighted by Gasteiger charge is 1.85. The van der Waals surface area contributed by atoms with E-state index in [4.69, 9.17) is 10.8 Å². The molecule has 0 radical (unpaired) electrons. The first-order valence-electron chi connectivity index (χ1n) is 3.69. The van der Waals surface area contributed by atoms with E-state index in [1.54, 1.807) is 22.6 Å². The van der Waals surface area contributed by atoms with Crippen LogP contribution in [0.3, 0.4) is 0 Å². The SMILES string of the molecule is CCCCN.O=C(O)CC#CI. The van der Waals surface area contributed by atoms with Crippen LogP contribution < -0.4 is 5.73 Å². The number of carboxylic acids is 1. The quantitative estimate of drug-likeness (QED) is 0.611. The zero-order chi connectivity index (χ0) is 9.82. The summed E-state index contributed by atoms with van der Waals surface area (Å²) < 4.78 is 2.44. The first-order chi connectivity index (χ1) is 5.68. The first-order valence-corrected chi connectivity index (χ1v) is 4.77. The summed E-state index contributed by atoms with van der Waals surface area (Å²) in [7, 11) is 0. The monoisotopic (exact) mass is 283 g/mol. The van der Waals surface area contributed by atoms with Gasteiger partial charge >= 0.3 is 5.97 Å². The summed E-state index contributed by atoms with van der Waals surface area (Å²) in [5.74, 6) is 1.51. The summed E-state index contributed by atoms with van der Waals surface area (Å²) in [6.45, 7) is 2.98. The number of nitrogens with two attached hydrogens (primary N) is 1. The molecule has 0 spiro atoms. The van der Waals surface area contributed by atoms with Crippen molar-refractivity contribution in [3.8, 4) is 9.85 Å². The molecule has 70 valence electrons. The number of carbonyl (C=O) groups is 1. The molecule has 3 N–H and O–H groups in total. The standard InChI is InChI=1S/C4H3IO2.C4H11N/c5-3-1-2-4(6)7;1-2-3-4-5/h2H2,(H,6,7);2-5H2,1H3. The molecular formula is C8H14INO2. The second-order valence-electron chi connectivity index (χ2n) is 1.98. The summed E-state index contributed by atoms with van der Waals surface area (Å²) in [6, 6.07) is 0. The Labute approximate surface area is 86.9 Å². The van der Waals surface area contributed by atoms with Gasteiger partial charge in [-0.05, 0) is 16.9 Å². The number of hydrogen-bond acceptors (Lipinski definition) is 2. The fourth-order valence-electron chi connectivity index (χ4n) is 0.313. The molecule has 0 unspecified atom stereocenters. The van der Waals surface area contributed by atoms with Crippen molar-refractivity contribution >= 4 is 28.6 Å². The summed E-state index contributed by atoms with van der Waals surface area (Å²) in [6.07, 6.45) is 2.33. The van der Waals surface area contributed by atoms with Crippen LogP contribution in [-0.4, -0.2) is 17.6 Å². The van der Waals surface area contributed by atoms with Gasteiger partial charge in [-0.25, -0.2) is 0 Å². The molecule has 0 aromatic carbocycles. The lowest BCUT2D eigenvalue weighted by atomic mass is 10.3. The summed E-state index contributed by atoms with van der Waals surface area (Å²) in [4.78, 5) is 9.65. The van der Waals surface area contributed by atoms with Gasteiger partial charge < -0.3 is 10.8 Å².